The van der Waals surface area contributed by atoms with Gasteiger partial charge >= 0.3 is 5.97 Å². The molecule has 0 spiro atoms. The summed E-state index contributed by atoms with van der Waals surface area (Å²) >= 11 is 0. The van der Waals surface area contributed by atoms with E-state index in [4.69, 9.17) is 4.74 Å². The van der Waals surface area contributed by atoms with Crippen molar-refractivity contribution in [3.63, 3.8) is 0 Å². The molecule has 0 aliphatic rings. The molecule has 0 atom stereocenters. The van der Waals surface area contributed by atoms with Crippen molar-refractivity contribution in [2.45, 2.75) is 117 Å². The van der Waals surface area contributed by atoms with Crippen LogP contribution in [0.2, 0.25) is 0 Å². The number of hydrogen-bond acceptors (Lipinski definition) is 2. The molecule has 0 fully saturated rings. The van der Waals surface area contributed by atoms with E-state index < -0.39 is 0 Å². The molecular weight excluding hydrogens is 296 g/mol. The summed E-state index contributed by atoms with van der Waals surface area (Å²) in [6, 6.07) is 0. The Hall–Kier alpha value is -0.790. The minimum Gasteiger partial charge on any atom is -0.466 e. The zero-order valence-electron chi connectivity index (χ0n) is 16.5. The largest absolute Gasteiger partial charge is 0.466 e. The van der Waals surface area contributed by atoms with E-state index in [2.05, 4.69) is 26.0 Å². The first-order valence-corrected chi connectivity index (χ1v) is 10.6. The van der Waals surface area contributed by atoms with Gasteiger partial charge in [-0.05, 0) is 38.5 Å². The van der Waals surface area contributed by atoms with Crippen molar-refractivity contribution < 1.29 is 9.53 Å². The molecule has 0 amide bonds. The normalized spacial score (nSPS) is 11.2. The molecule has 0 aromatic heterocycles. The third-order valence-electron chi connectivity index (χ3n) is 4.40. The summed E-state index contributed by atoms with van der Waals surface area (Å²) < 4.78 is 5.15. The first-order valence-electron chi connectivity index (χ1n) is 10.6. The second-order valence-corrected chi connectivity index (χ2v) is 6.91. The third kappa shape index (κ3) is 19.3. The molecule has 0 saturated carbocycles. The first kappa shape index (κ1) is 23.2. The molecule has 0 unspecified atom stereocenters. The van der Waals surface area contributed by atoms with Crippen LogP contribution in [-0.4, -0.2) is 12.6 Å². The Kier molecular flexibility index (Phi) is 19.6. The van der Waals surface area contributed by atoms with Gasteiger partial charge in [-0.1, -0.05) is 83.8 Å². The number of carbonyl (C=O) groups excluding carboxylic acids is 1. The van der Waals surface area contributed by atoms with Gasteiger partial charge in [0, 0.05) is 6.42 Å². The van der Waals surface area contributed by atoms with Crippen LogP contribution in [0, 0.1) is 0 Å². The molecule has 0 rings (SSSR count). The molecule has 2 nitrogen and oxygen atoms in total. The van der Waals surface area contributed by atoms with Crippen LogP contribution in [0.25, 0.3) is 0 Å². The maximum Gasteiger partial charge on any atom is 0.305 e. The number of unbranched alkanes of at least 4 members (excludes halogenated alkanes) is 12. The van der Waals surface area contributed by atoms with Gasteiger partial charge in [0.2, 0.25) is 0 Å². The standard InChI is InChI=1S/C22H42O2/c1-3-5-7-8-9-10-11-12-13-14-15-16-17-18-19-20-22(23)24-21-6-4-2/h12-13H,3-11,14-21H2,1-2H3/b13-12+. The maximum atomic E-state index is 11.4. The van der Waals surface area contributed by atoms with Gasteiger partial charge in [-0.25, -0.2) is 0 Å². The highest BCUT2D eigenvalue weighted by atomic mass is 16.5. The fourth-order valence-corrected chi connectivity index (χ4v) is 2.74. The fraction of sp³-hybridized carbons (Fsp3) is 0.864. The Labute approximate surface area is 151 Å². The summed E-state index contributed by atoms with van der Waals surface area (Å²) in [6.07, 6.45) is 24.1. The van der Waals surface area contributed by atoms with E-state index in [9.17, 15) is 4.79 Å². The van der Waals surface area contributed by atoms with Gasteiger partial charge in [0.05, 0.1) is 6.61 Å². The second-order valence-electron chi connectivity index (χ2n) is 6.91. The number of carbonyl (C=O) groups is 1. The lowest BCUT2D eigenvalue weighted by atomic mass is 10.1. The van der Waals surface area contributed by atoms with Gasteiger partial charge in [0.25, 0.3) is 0 Å². The molecule has 2 heteroatoms. The van der Waals surface area contributed by atoms with Gasteiger partial charge in [-0.3, -0.25) is 4.79 Å². The molecule has 0 aromatic carbocycles. The quantitative estimate of drug-likeness (QED) is 0.148. The average molecular weight is 339 g/mol. The van der Waals surface area contributed by atoms with E-state index in [1.807, 2.05) is 0 Å². The molecule has 24 heavy (non-hydrogen) atoms. The van der Waals surface area contributed by atoms with Gasteiger partial charge < -0.3 is 4.74 Å². The van der Waals surface area contributed by atoms with Gasteiger partial charge in [0.1, 0.15) is 0 Å². The molecule has 0 N–H and O–H groups in total. The van der Waals surface area contributed by atoms with E-state index >= 15 is 0 Å². The lowest BCUT2D eigenvalue weighted by Gasteiger charge is -2.03. The van der Waals surface area contributed by atoms with Crippen LogP contribution in [0.1, 0.15) is 117 Å². The molecular formula is C22H42O2. The van der Waals surface area contributed by atoms with Crippen LogP contribution < -0.4 is 0 Å². The van der Waals surface area contributed by atoms with E-state index in [-0.39, 0.29) is 5.97 Å². The van der Waals surface area contributed by atoms with Crippen molar-refractivity contribution in [3.05, 3.63) is 12.2 Å². The van der Waals surface area contributed by atoms with Crippen molar-refractivity contribution in [2.24, 2.45) is 0 Å². The average Bonchev–Trinajstić information content (AvgIpc) is 2.58. The molecule has 142 valence electrons. The van der Waals surface area contributed by atoms with Crippen LogP contribution in [0.4, 0.5) is 0 Å². The Morgan fingerprint density at radius 1 is 0.667 bits per heavy atom. The highest BCUT2D eigenvalue weighted by Crippen LogP contribution is 2.10. The monoisotopic (exact) mass is 338 g/mol. The van der Waals surface area contributed by atoms with Crippen molar-refractivity contribution >= 4 is 5.97 Å². The van der Waals surface area contributed by atoms with Gasteiger partial charge in [0.15, 0.2) is 0 Å². The van der Waals surface area contributed by atoms with Crippen molar-refractivity contribution in [2.75, 3.05) is 6.61 Å². The highest BCUT2D eigenvalue weighted by Gasteiger charge is 2.01. The van der Waals surface area contributed by atoms with Crippen molar-refractivity contribution in [3.8, 4) is 0 Å². The van der Waals surface area contributed by atoms with Crippen molar-refractivity contribution in [1.29, 1.82) is 0 Å². The predicted molar refractivity (Wildman–Crippen MR) is 105 cm³/mol. The zero-order chi connectivity index (χ0) is 17.7. The number of esters is 1. The smallest absolute Gasteiger partial charge is 0.305 e. The Morgan fingerprint density at radius 2 is 1.17 bits per heavy atom. The van der Waals surface area contributed by atoms with Crippen LogP contribution in [-0.2, 0) is 9.53 Å². The lowest BCUT2D eigenvalue weighted by Crippen LogP contribution is -2.05. The summed E-state index contributed by atoms with van der Waals surface area (Å²) in [4.78, 5) is 11.4. The first-order chi connectivity index (χ1) is 11.8. The molecule has 0 aliphatic carbocycles. The number of rotatable bonds is 18. The molecule has 0 radical (unpaired) electrons. The summed E-state index contributed by atoms with van der Waals surface area (Å²) in [5, 5.41) is 0. The summed E-state index contributed by atoms with van der Waals surface area (Å²) in [6.45, 7) is 4.98. The topological polar surface area (TPSA) is 26.3 Å². The number of ether oxygens (including phenoxy) is 1. The molecule has 0 heterocycles. The Morgan fingerprint density at radius 3 is 1.75 bits per heavy atom. The summed E-state index contributed by atoms with van der Waals surface area (Å²) in [7, 11) is 0. The highest BCUT2D eigenvalue weighted by molar-refractivity contribution is 5.69. The van der Waals surface area contributed by atoms with Crippen LogP contribution >= 0.6 is 0 Å². The lowest BCUT2D eigenvalue weighted by molar-refractivity contribution is -0.143. The minimum atomic E-state index is -0.0129. The van der Waals surface area contributed by atoms with Gasteiger partial charge in [-0.15, -0.1) is 0 Å². The molecule has 0 saturated heterocycles. The second kappa shape index (κ2) is 20.3. The van der Waals surface area contributed by atoms with Crippen molar-refractivity contribution in [1.82, 2.24) is 0 Å². The maximum absolute atomic E-state index is 11.4. The minimum absolute atomic E-state index is 0.0129. The van der Waals surface area contributed by atoms with Crippen LogP contribution in [0.15, 0.2) is 12.2 Å². The van der Waals surface area contributed by atoms with Crippen LogP contribution in [0.5, 0.6) is 0 Å². The van der Waals surface area contributed by atoms with Gasteiger partial charge in [-0.2, -0.15) is 0 Å². The fourth-order valence-electron chi connectivity index (χ4n) is 2.74. The van der Waals surface area contributed by atoms with Crippen LogP contribution in [0.3, 0.4) is 0 Å². The number of hydrogen-bond donors (Lipinski definition) is 0. The SMILES string of the molecule is CCCCCCCC/C=C/CCCCCCCC(=O)OCCCC. The zero-order valence-corrected chi connectivity index (χ0v) is 16.5. The van der Waals surface area contributed by atoms with E-state index in [1.165, 1.54) is 70.6 Å². The molecule has 0 aliphatic heterocycles. The predicted octanol–water partition coefficient (Wildman–Crippen LogP) is 7.37. The van der Waals surface area contributed by atoms with E-state index in [0.717, 1.165) is 25.7 Å². The third-order valence-corrected chi connectivity index (χ3v) is 4.40. The number of allylic oxidation sites excluding steroid dienone is 2. The summed E-state index contributed by atoms with van der Waals surface area (Å²) in [5.74, 6) is -0.0129. The van der Waals surface area contributed by atoms with E-state index in [0.29, 0.717) is 13.0 Å². The molecule has 0 bridgehead atoms. The van der Waals surface area contributed by atoms with E-state index in [1.54, 1.807) is 0 Å². The Balaban J connectivity index is 3.16. The summed E-state index contributed by atoms with van der Waals surface area (Å²) in [5.41, 5.74) is 0. The Bertz CT molecular complexity index is 284. The molecule has 0 aromatic rings.